The molecule has 0 spiro atoms. The van der Waals surface area contributed by atoms with Crippen molar-refractivity contribution in [2.45, 2.75) is 52.4 Å². The Labute approximate surface area is 126 Å². The molecule has 0 unspecified atom stereocenters. The van der Waals surface area contributed by atoms with Gasteiger partial charge in [-0.2, -0.15) is 0 Å². The minimum atomic E-state index is -0.317. The van der Waals surface area contributed by atoms with Crippen LogP contribution in [0.4, 0.5) is 0 Å². The fourth-order valence-corrected chi connectivity index (χ4v) is 1.83. The molecule has 0 aromatic heterocycles. The Morgan fingerprint density at radius 3 is 2.43 bits per heavy atom. The maximum atomic E-state index is 11.7. The SMILES string of the molecule is CCCCCOC(=O)CCCC(=O)Oc1ccccc1C. The lowest BCUT2D eigenvalue weighted by Gasteiger charge is -2.07. The van der Waals surface area contributed by atoms with E-state index >= 15 is 0 Å². The maximum Gasteiger partial charge on any atom is 0.311 e. The molecule has 0 bridgehead atoms. The van der Waals surface area contributed by atoms with Crippen LogP contribution in [-0.2, 0) is 14.3 Å². The molecule has 0 atom stereocenters. The Kier molecular flexibility index (Phi) is 8.17. The number of benzene rings is 1. The highest BCUT2D eigenvalue weighted by Crippen LogP contribution is 2.17. The molecule has 4 heteroatoms. The van der Waals surface area contributed by atoms with Crippen LogP contribution in [0.1, 0.15) is 51.0 Å². The largest absolute Gasteiger partial charge is 0.466 e. The van der Waals surface area contributed by atoms with Gasteiger partial charge in [0.25, 0.3) is 0 Å². The molecule has 1 rings (SSSR count). The summed E-state index contributed by atoms with van der Waals surface area (Å²) in [4.78, 5) is 23.1. The normalized spacial score (nSPS) is 10.2. The van der Waals surface area contributed by atoms with Crippen LogP contribution < -0.4 is 4.74 Å². The average molecular weight is 292 g/mol. The van der Waals surface area contributed by atoms with Crippen LogP contribution >= 0.6 is 0 Å². The van der Waals surface area contributed by atoms with Crippen molar-refractivity contribution in [3.8, 4) is 5.75 Å². The van der Waals surface area contributed by atoms with Gasteiger partial charge in [-0.25, -0.2) is 0 Å². The van der Waals surface area contributed by atoms with Crippen molar-refractivity contribution in [1.29, 1.82) is 0 Å². The number of unbranched alkanes of at least 4 members (excludes halogenated alkanes) is 2. The molecule has 0 N–H and O–H groups in total. The van der Waals surface area contributed by atoms with Gasteiger partial charge in [-0.1, -0.05) is 38.0 Å². The second-order valence-electron chi connectivity index (χ2n) is 5.02. The Morgan fingerprint density at radius 1 is 1.00 bits per heavy atom. The molecule has 1 aromatic rings. The van der Waals surface area contributed by atoms with E-state index in [-0.39, 0.29) is 24.8 Å². The van der Waals surface area contributed by atoms with Gasteiger partial charge < -0.3 is 9.47 Å². The van der Waals surface area contributed by atoms with E-state index in [1.807, 2.05) is 25.1 Å². The van der Waals surface area contributed by atoms with E-state index in [2.05, 4.69) is 6.92 Å². The molecule has 1 aromatic carbocycles. The maximum absolute atomic E-state index is 11.7. The molecule has 116 valence electrons. The number of carbonyl (C=O) groups is 2. The predicted octanol–water partition coefficient (Wildman–Crippen LogP) is 3.80. The van der Waals surface area contributed by atoms with Crippen LogP contribution in [0.2, 0.25) is 0 Å². The van der Waals surface area contributed by atoms with E-state index in [4.69, 9.17) is 9.47 Å². The molecule has 0 radical (unpaired) electrons. The number of ether oxygens (including phenoxy) is 2. The summed E-state index contributed by atoms with van der Waals surface area (Å²) in [5, 5.41) is 0. The van der Waals surface area contributed by atoms with Crippen LogP contribution in [0.25, 0.3) is 0 Å². The summed E-state index contributed by atoms with van der Waals surface area (Å²) in [5.41, 5.74) is 0.918. The molecule has 21 heavy (non-hydrogen) atoms. The van der Waals surface area contributed by atoms with Gasteiger partial charge in [0.1, 0.15) is 5.75 Å². The summed E-state index contributed by atoms with van der Waals surface area (Å²) in [5.74, 6) is 0.0162. The van der Waals surface area contributed by atoms with E-state index < -0.39 is 0 Å². The zero-order chi connectivity index (χ0) is 15.5. The lowest BCUT2D eigenvalue weighted by atomic mass is 10.2. The lowest BCUT2D eigenvalue weighted by Crippen LogP contribution is -2.11. The van der Waals surface area contributed by atoms with E-state index in [1.54, 1.807) is 6.07 Å². The van der Waals surface area contributed by atoms with Crippen molar-refractivity contribution < 1.29 is 19.1 Å². The van der Waals surface area contributed by atoms with Gasteiger partial charge in [0, 0.05) is 12.8 Å². The third kappa shape index (κ3) is 7.49. The quantitative estimate of drug-likeness (QED) is 0.394. The molecule has 4 nitrogen and oxygen atoms in total. The molecule has 0 fully saturated rings. The zero-order valence-corrected chi connectivity index (χ0v) is 12.9. The number of aryl methyl sites for hydroxylation is 1. The van der Waals surface area contributed by atoms with E-state index in [0.29, 0.717) is 18.8 Å². The van der Waals surface area contributed by atoms with Gasteiger partial charge in [-0.3, -0.25) is 9.59 Å². The minimum absolute atomic E-state index is 0.221. The first-order valence-corrected chi connectivity index (χ1v) is 7.55. The summed E-state index contributed by atoms with van der Waals surface area (Å²) in [6.45, 7) is 4.46. The molecule has 0 aliphatic rings. The first kappa shape index (κ1) is 17.2. The smallest absolute Gasteiger partial charge is 0.311 e. The van der Waals surface area contributed by atoms with Crippen molar-refractivity contribution in [3.05, 3.63) is 29.8 Å². The molecular weight excluding hydrogens is 268 g/mol. The first-order chi connectivity index (χ1) is 10.1. The number of hydrogen-bond donors (Lipinski definition) is 0. The minimum Gasteiger partial charge on any atom is -0.466 e. The second-order valence-corrected chi connectivity index (χ2v) is 5.02. The predicted molar refractivity (Wildman–Crippen MR) is 81.1 cm³/mol. The van der Waals surface area contributed by atoms with Crippen molar-refractivity contribution >= 4 is 11.9 Å². The third-order valence-corrected chi connectivity index (χ3v) is 3.09. The summed E-state index contributed by atoms with van der Waals surface area (Å²) in [6, 6.07) is 7.36. The molecule has 0 saturated heterocycles. The zero-order valence-electron chi connectivity index (χ0n) is 12.9. The fourth-order valence-electron chi connectivity index (χ4n) is 1.83. The van der Waals surface area contributed by atoms with E-state index in [9.17, 15) is 9.59 Å². The number of rotatable bonds is 9. The summed E-state index contributed by atoms with van der Waals surface area (Å²) in [7, 11) is 0. The van der Waals surface area contributed by atoms with Crippen LogP contribution in [0.3, 0.4) is 0 Å². The van der Waals surface area contributed by atoms with Crippen LogP contribution in [0, 0.1) is 6.92 Å². The molecular formula is C17H24O4. The fraction of sp³-hybridized carbons (Fsp3) is 0.529. The van der Waals surface area contributed by atoms with Gasteiger partial charge >= 0.3 is 11.9 Å². The van der Waals surface area contributed by atoms with Crippen molar-refractivity contribution in [1.82, 2.24) is 0 Å². The second kappa shape index (κ2) is 9.97. The van der Waals surface area contributed by atoms with E-state index in [1.165, 1.54) is 0 Å². The highest BCUT2D eigenvalue weighted by molar-refractivity contribution is 5.74. The summed E-state index contributed by atoms with van der Waals surface area (Å²) in [6.07, 6.45) is 4.00. The Bertz CT molecular complexity index is 454. The van der Waals surface area contributed by atoms with Gasteiger partial charge in [0.2, 0.25) is 0 Å². The van der Waals surface area contributed by atoms with Crippen LogP contribution in [0.15, 0.2) is 24.3 Å². The van der Waals surface area contributed by atoms with Crippen molar-refractivity contribution in [2.75, 3.05) is 6.61 Å². The number of carbonyl (C=O) groups excluding carboxylic acids is 2. The standard InChI is InChI=1S/C17H24O4/c1-3-4-7-13-20-16(18)11-8-12-17(19)21-15-10-6-5-9-14(15)2/h5-6,9-10H,3-4,7-8,11-13H2,1-2H3. The Hall–Kier alpha value is -1.84. The summed E-state index contributed by atoms with van der Waals surface area (Å²) < 4.78 is 10.3. The molecule has 0 amide bonds. The van der Waals surface area contributed by atoms with Crippen LogP contribution in [0.5, 0.6) is 5.75 Å². The van der Waals surface area contributed by atoms with Gasteiger partial charge in [-0.15, -0.1) is 0 Å². The Balaban J connectivity index is 2.16. The highest BCUT2D eigenvalue weighted by atomic mass is 16.5. The van der Waals surface area contributed by atoms with Gasteiger partial charge in [0.15, 0.2) is 0 Å². The van der Waals surface area contributed by atoms with Gasteiger partial charge in [-0.05, 0) is 31.4 Å². The average Bonchev–Trinajstić information content (AvgIpc) is 2.46. The van der Waals surface area contributed by atoms with E-state index in [0.717, 1.165) is 24.8 Å². The molecule has 0 aliphatic carbocycles. The Morgan fingerprint density at radius 2 is 1.71 bits per heavy atom. The monoisotopic (exact) mass is 292 g/mol. The van der Waals surface area contributed by atoms with Crippen molar-refractivity contribution in [3.63, 3.8) is 0 Å². The molecule has 0 saturated carbocycles. The number of para-hydroxylation sites is 1. The lowest BCUT2D eigenvalue weighted by molar-refractivity contribution is -0.144. The highest BCUT2D eigenvalue weighted by Gasteiger charge is 2.09. The topological polar surface area (TPSA) is 52.6 Å². The first-order valence-electron chi connectivity index (χ1n) is 7.55. The van der Waals surface area contributed by atoms with Crippen LogP contribution in [-0.4, -0.2) is 18.5 Å². The molecule has 0 aliphatic heterocycles. The van der Waals surface area contributed by atoms with Crippen molar-refractivity contribution in [2.24, 2.45) is 0 Å². The number of esters is 2. The molecule has 0 heterocycles. The third-order valence-electron chi connectivity index (χ3n) is 3.09. The number of hydrogen-bond acceptors (Lipinski definition) is 4. The van der Waals surface area contributed by atoms with Gasteiger partial charge in [0.05, 0.1) is 6.61 Å². The summed E-state index contributed by atoms with van der Waals surface area (Å²) >= 11 is 0.